The number of rotatable bonds is 3. The van der Waals surface area contributed by atoms with E-state index in [0.717, 1.165) is 10.4 Å². The standard InChI is InChI=1S/C15H14N2O2S/c1-11-10-16-15(20-11)17-14(19)13-7-4-6-12(9-13)5-2-3-8-18/h4,6-7,9-10,18H,3,8H2,1H3,(H,16,17,19). The van der Waals surface area contributed by atoms with E-state index in [2.05, 4.69) is 22.1 Å². The van der Waals surface area contributed by atoms with Crippen LogP contribution < -0.4 is 5.32 Å². The first kappa shape index (κ1) is 14.3. The van der Waals surface area contributed by atoms with E-state index in [1.165, 1.54) is 11.3 Å². The van der Waals surface area contributed by atoms with Gasteiger partial charge in [-0.3, -0.25) is 10.1 Å². The third kappa shape index (κ3) is 3.92. The summed E-state index contributed by atoms with van der Waals surface area (Å²) in [5.74, 6) is 5.53. The van der Waals surface area contributed by atoms with Gasteiger partial charge in [-0.05, 0) is 25.1 Å². The van der Waals surface area contributed by atoms with E-state index in [1.54, 1.807) is 24.4 Å². The minimum absolute atomic E-state index is 0.0383. The highest BCUT2D eigenvalue weighted by Gasteiger charge is 2.08. The molecular formula is C15H14N2O2S. The molecule has 1 amide bonds. The van der Waals surface area contributed by atoms with Crippen LogP contribution in [0.2, 0.25) is 0 Å². The van der Waals surface area contributed by atoms with Crippen LogP contribution in [-0.4, -0.2) is 22.6 Å². The number of benzene rings is 1. The highest BCUT2D eigenvalue weighted by Crippen LogP contribution is 2.17. The molecule has 0 bridgehead atoms. The molecule has 2 rings (SSSR count). The fraction of sp³-hybridized carbons (Fsp3) is 0.200. The molecule has 5 heteroatoms. The Morgan fingerprint density at radius 1 is 1.50 bits per heavy atom. The van der Waals surface area contributed by atoms with Crippen molar-refractivity contribution in [3.63, 3.8) is 0 Å². The number of hydrogen-bond acceptors (Lipinski definition) is 4. The number of carbonyl (C=O) groups excluding carboxylic acids is 1. The van der Waals surface area contributed by atoms with Crippen LogP contribution in [-0.2, 0) is 0 Å². The Hall–Kier alpha value is -2.16. The Balaban J connectivity index is 2.10. The van der Waals surface area contributed by atoms with Crippen molar-refractivity contribution < 1.29 is 9.90 Å². The Morgan fingerprint density at radius 3 is 3.05 bits per heavy atom. The maximum atomic E-state index is 12.1. The van der Waals surface area contributed by atoms with E-state index in [-0.39, 0.29) is 12.5 Å². The van der Waals surface area contributed by atoms with Gasteiger partial charge in [0.15, 0.2) is 5.13 Å². The van der Waals surface area contributed by atoms with Gasteiger partial charge in [0.25, 0.3) is 5.91 Å². The van der Waals surface area contributed by atoms with Gasteiger partial charge in [-0.25, -0.2) is 4.98 Å². The monoisotopic (exact) mass is 286 g/mol. The number of aliphatic hydroxyl groups excluding tert-OH is 1. The molecule has 0 radical (unpaired) electrons. The highest BCUT2D eigenvalue weighted by atomic mass is 32.1. The third-order valence-corrected chi connectivity index (χ3v) is 3.26. The molecule has 0 unspecified atom stereocenters. The molecule has 1 aromatic heterocycles. The first-order valence-corrected chi connectivity index (χ1v) is 6.94. The molecule has 4 nitrogen and oxygen atoms in total. The lowest BCUT2D eigenvalue weighted by Crippen LogP contribution is -2.11. The summed E-state index contributed by atoms with van der Waals surface area (Å²) in [5.41, 5.74) is 1.29. The van der Waals surface area contributed by atoms with Crippen molar-refractivity contribution in [2.24, 2.45) is 0 Å². The Bertz CT molecular complexity index is 668. The van der Waals surface area contributed by atoms with E-state index in [0.29, 0.717) is 17.1 Å². The van der Waals surface area contributed by atoms with Crippen LogP contribution in [0.3, 0.4) is 0 Å². The van der Waals surface area contributed by atoms with Gasteiger partial charge in [0.2, 0.25) is 0 Å². The van der Waals surface area contributed by atoms with Crippen molar-refractivity contribution in [3.05, 3.63) is 46.5 Å². The van der Waals surface area contributed by atoms with E-state index < -0.39 is 0 Å². The molecule has 20 heavy (non-hydrogen) atoms. The summed E-state index contributed by atoms with van der Waals surface area (Å²) < 4.78 is 0. The van der Waals surface area contributed by atoms with Crippen LogP contribution in [0.4, 0.5) is 5.13 Å². The van der Waals surface area contributed by atoms with Crippen molar-refractivity contribution in [1.29, 1.82) is 0 Å². The molecule has 2 aromatic rings. The molecule has 0 aliphatic carbocycles. The first-order valence-electron chi connectivity index (χ1n) is 6.12. The van der Waals surface area contributed by atoms with Crippen LogP contribution in [0.25, 0.3) is 0 Å². The number of nitrogens with zero attached hydrogens (tertiary/aromatic N) is 1. The fourth-order valence-corrected chi connectivity index (χ4v) is 2.20. The third-order valence-electron chi connectivity index (χ3n) is 2.44. The minimum atomic E-state index is -0.204. The normalized spacial score (nSPS) is 9.70. The van der Waals surface area contributed by atoms with E-state index in [4.69, 9.17) is 5.11 Å². The van der Waals surface area contributed by atoms with Gasteiger partial charge in [0.05, 0.1) is 6.61 Å². The molecule has 0 spiro atoms. The fourth-order valence-electron chi connectivity index (χ4n) is 1.54. The van der Waals surface area contributed by atoms with Gasteiger partial charge < -0.3 is 5.11 Å². The Labute approximate surface area is 121 Å². The number of anilines is 1. The van der Waals surface area contributed by atoms with Crippen molar-refractivity contribution in [1.82, 2.24) is 4.98 Å². The largest absolute Gasteiger partial charge is 0.395 e. The van der Waals surface area contributed by atoms with Crippen LogP contribution in [0.15, 0.2) is 30.5 Å². The predicted octanol–water partition coefficient (Wildman–Crippen LogP) is 2.44. The molecule has 102 valence electrons. The van der Waals surface area contributed by atoms with Crippen molar-refractivity contribution >= 4 is 22.4 Å². The number of amides is 1. The average Bonchev–Trinajstić information content (AvgIpc) is 2.85. The second-order valence-corrected chi connectivity index (χ2v) is 5.32. The topological polar surface area (TPSA) is 62.2 Å². The smallest absolute Gasteiger partial charge is 0.257 e. The average molecular weight is 286 g/mol. The quantitative estimate of drug-likeness (QED) is 0.852. The number of carbonyl (C=O) groups is 1. The minimum Gasteiger partial charge on any atom is -0.395 e. The number of aromatic nitrogens is 1. The summed E-state index contributed by atoms with van der Waals surface area (Å²) in [6, 6.07) is 7.06. The molecular weight excluding hydrogens is 272 g/mol. The second-order valence-electron chi connectivity index (χ2n) is 4.09. The predicted molar refractivity (Wildman–Crippen MR) is 79.8 cm³/mol. The van der Waals surface area contributed by atoms with Crippen molar-refractivity contribution in [2.75, 3.05) is 11.9 Å². The van der Waals surface area contributed by atoms with Gasteiger partial charge >= 0.3 is 0 Å². The Kier molecular flexibility index (Phi) is 4.88. The van der Waals surface area contributed by atoms with Crippen LogP contribution in [0.1, 0.15) is 27.2 Å². The van der Waals surface area contributed by atoms with Gasteiger partial charge in [0, 0.05) is 28.6 Å². The van der Waals surface area contributed by atoms with Crippen molar-refractivity contribution in [3.8, 4) is 11.8 Å². The molecule has 0 saturated heterocycles. The summed E-state index contributed by atoms with van der Waals surface area (Å²) in [5, 5.41) is 12.0. The molecule has 1 heterocycles. The van der Waals surface area contributed by atoms with Crippen molar-refractivity contribution in [2.45, 2.75) is 13.3 Å². The molecule has 0 saturated carbocycles. The number of hydrogen-bond donors (Lipinski definition) is 2. The molecule has 0 fully saturated rings. The second kappa shape index (κ2) is 6.85. The van der Waals surface area contributed by atoms with Crippen LogP contribution in [0.5, 0.6) is 0 Å². The molecule has 0 aliphatic heterocycles. The summed E-state index contributed by atoms with van der Waals surface area (Å²) >= 11 is 1.43. The number of thiazole rings is 1. The summed E-state index contributed by atoms with van der Waals surface area (Å²) in [6.07, 6.45) is 2.14. The van der Waals surface area contributed by atoms with E-state index in [9.17, 15) is 4.79 Å². The molecule has 0 atom stereocenters. The zero-order valence-electron chi connectivity index (χ0n) is 11.0. The summed E-state index contributed by atoms with van der Waals surface area (Å²) in [6.45, 7) is 1.97. The summed E-state index contributed by atoms with van der Waals surface area (Å²) in [7, 11) is 0. The zero-order chi connectivity index (χ0) is 14.4. The van der Waals surface area contributed by atoms with Crippen LogP contribution >= 0.6 is 11.3 Å². The molecule has 1 aromatic carbocycles. The van der Waals surface area contributed by atoms with Gasteiger partial charge in [-0.1, -0.05) is 17.9 Å². The number of nitrogens with one attached hydrogen (secondary N) is 1. The lowest BCUT2D eigenvalue weighted by atomic mass is 10.1. The SMILES string of the molecule is Cc1cnc(NC(=O)c2cccc(C#CCCO)c2)s1. The maximum Gasteiger partial charge on any atom is 0.257 e. The molecule has 2 N–H and O–H groups in total. The highest BCUT2D eigenvalue weighted by molar-refractivity contribution is 7.15. The van der Waals surface area contributed by atoms with Gasteiger partial charge in [0.1, 0.15) is 0 Å². The number of aliphatic hydroxyl groups is 1. The maximum absolute atomic E-state index is 12.1. The lowest BCUT2D eigenvalue weighted by molar-refractivity contribution is 0.102. The summed E-state index contributed by atoms with van der Waals surface area (Å²) in [4.78, 5) is 17.2. The van der Waals surface area contributed by atoms with E-state index >= 15 is 0 Å². The number of aryl methyl sites for hydroxylation is 1. The van der Waals surface area contributed by atoms with Gasteiger partial charge in [-0.2, -0.15) is 0 Å². The Morgan fingerprint density at radius 2 is 2.35 bits per heavy atom. The van der Waals surface area contributed by atoms with Gasteiger partial charge in [-0.15, -0.1) is 11.3 Å². The zero-order valence-corrected chi connectivity index (χ0v) is 11.8. The van der Waals surface area contributed by atoms with Crippen LogP contribution in [0, 0.1) is 18.8 Å². The first-order chi connectivity index (χ1) is 9.69. The lowest BCUT2D eigenvalue weighted by Gasteiger charge is -2.02. The van der Waals surface area contributed by atoms with E-state index in [1.807, 2.05) is 13.0 Å². The molecule has 0 aliphatic rings.